The number of pyridine rings is 1. The highest BCUT2D eigenvalue weighted by Gasteiger charge is 2.06. The van der Waals surface area contributed by atoms with E-state index in [0.29, 0.717) is 17.2 Å². The molecule has 1 amide bonds. The van der Waals surface area contributed by atoms with E-state index in [-0.39, 0.29) is 12.5 Å². The third-order valence-corrected chi connectivity index (χ3v) is 1.86. The Morgan fingerprint density at radius 2 is 2.31 bits per heavy atom. The van der Waals surface area contributed by atoms with Crippen molar-refractivity contribution in [2.45, 2.75) is 6.54 Å². The largest absolute Gasteiger partial charge is 0.384 e. The number of anilines is 1. The van der Waals surface area contributed by atoms with Gasteiger partial charge in [-0.1, -0.05) is 5.16 Å². The van der Waals surface area contributed by atoms with Gasteiger partial charge < -0.3 is 15.6 Å². The molecule has 7 heteroatoms. The van der Waals surface area contributed by atoms with Crippen LogP contribution in [-0.2, 0) is 6.54 Å². The molecule has 0 saturated carbocycles. The van der Waals surface area contributed by atoms with Crippen molar-refractivity contribution in [2.75, 3.05) is 5.73 Å². The number of amides is 1. The van der Waals surface area contributed by atoms with Crippen molar-refractivity contribution < 1.29 is 9.32 Å². The van der Waals surface area contributed by atoms with Crippen LogP contribution in [0.1, 0.15) is 16.2 Å². The van der Waals surface area contributed by atoms with Crippen molar-refractivity contribution in [3.63, 3.8) is 0 Å². The van der Waals surface area contributed by atoms with Gasteiger partial charge in [-0.2, -0.15) is 4.98 Å². The molecule has 0 aliphatic rings. The maximum absolute atomic E-state index is 11.6. The number of nitrogens with one attached hydrogen (secondary N) is 1. The van der Waals surface area contributed by atoms with Gasteiger partial charge in [-0.25, -0.2) is 4.98 Å². The van der Waals surface area contributed by atoms with Crippen molar-refractivity contribution in [2.24, 2.45) is 0 Å². The van der Waals surface area contributed by atoms with Crippen LogP contribution < -0.4 is 11.1 Å². The van der Waals surface area contributed by atoms with E-state index in [4.69, 9.17) is 5.73 Å². The second kappa shape index (κ2) is 4.39. The Morgan fingerprint density at radius 3 is 2.94 bits per heavy atom. The highest BCUT2D eigenvalue weighted by molar-refractivity contribution is 5.93. The lowest BCUT2D eigenvalue weighted by Gasteiger charge is -2.01. The molecule has 0 unspecified atom stereocenters. The quantitative estimate of drug-likeness (QED) is 0.751. The molecule has 7 nitrogen and oxygen atoms in total. The van der Waals surface area contributed by atoms with Crippen LogP contribution in [0.25, 0.3) is 0 Å². The second-order valence-corrected chi connectivity index (χ2v) is 3.00. The summed E-state index contributed by atoms with van der Waals surface area (Å²) in [5.74, 6) is 0.517. The minimum absolute atomic E-state index is 0.208. The smallest absolute Gasteiger partial charge is 0.253 e. The van der Waals surface area contributed by atoms with Gasteiger partial charge in [0.2, 0.25) is 6.39 Å². The molecule has 0 atom stereocenters. The lowest BCUT2D eigenvalue weighted by molar-refractivity contribution is 0.0949. The van der Waals surface area contributed by atoms with Gasteiger partial charge in [0, 0.05) is 6.20 Å². The third-order valence-electron chi connectivity index (χ3n) is 1.86. The first kappa shape index (κ1) is 10.1. The molecule has 0 spiro atoms. The Hall–Kier alpha value is -2.44. The van der Waals surface area contributed by atoms with Gasteiger partial charge in [-0.15, -0.1) is 0 Å². The maximum Gasteiger partial charge on any atom is 0.253 e. The molecule has 0 saturated heterocycles. The van der Waals surface area contributed by atoms with Crippen LogP contribution in [0.4, 0.5) is 5.82 Å². The van der Waals surface area contributed by atoms with Gasteiger partial charge in [0.25, 0.3) is 5.91 Å². The van der Waals surface area contributed by atoms with E-state index in [2.05, 4.69) is 25.0 Å². The summed E-state index contributed by atoms with van der Waals surface area (Å²) < 4.78 is 4.53. The molecule has 0 aromatic carbocycles. The number of rotatable bonds is 3. The summed E-state index contributed by atoms with van der Waals surface area (Å²) in [5, 5.41) is 6.18. The van der Waals surface area contributed by atoms with E-state index >= 15 is 0 Å². The minimum atomic E-state index is -0.266. The van der Waals surface area contributed by atoms with Crippen molar-refractivity contribution in [1.82, 2.24) is 20.4 Å². The molecule has 0 aliphatic heterocycles. The number of hydrogen-bond acceptors (Lipinski definition) is 6. The molecule has 3 N–H and O–H groups in total. The summed E-state index contributed by atoms with van der Waals surface area (Å²) in [5.41, 5.74) is 5.83. The predicted molar refractivity (Wildman–Crippen MR) is 54.1 cm³/mol. The summed E-state index contributed by atoms with van der Waals surface area (Å²) in [6, 6.07) is 3.15. The van der Waals surface area contributed by atoms with Crippen LogP contribution in [-0.4, -0.2) is 21.0 Å². The van der Waals surface area contributed by atoms with E-state index in [0.717, 1.165) is 0 Å². The molecule has 0 bridgehead atoms. The number of carbonyl (C=O) groups is 1. The molecule has 2 rings (SSSR count). The summed E-state index contributed by atoms with van der Waals surface area (Å²) in [6.07, 6.45) is 2.60. The van der Waals surface area contributed by atoms with Crippen LogP contribution in [0.2, 0.25) is 0 Å². The van der Waals surface area contributed by atoms with E-state index in [9.17, 15) is 4.79 Å². The topological polar surface area (TPSA) is 107 Å². The monoisotopic (exact) mass is 219 g/mol. The van der Waals surface area contributed by atoms with Gasteiger partial charge in [0.1, 0.15) is 5.82 Å². The summed E-state index contributed by atoms with van der Waals surface area (Å²) in [4.78, 5) is 19.2. The number of aromatic nitrogens is 3. The van der Waals surface area contributed by atoms with Gasteiger partial charge in [-0.05, 0) is 12.1 Å². The first-order valence-corrected chi connectivity index (χ1v) is 4.50. The zero-order valence-electron chi connectivity index (χ0n) is 8.25. The summed E-state index contributed by atoms with van der Waals surface area (Å²) in [6.45, 7) is 0.208. The Bertz CT molecular complexity index is 465. The van der Waals surface area contributed by atoms with Gasteiger partial charge in [0.05, 0.1) is 12.1 Å². The second-order valence-electron chi connectivity index (χ2n) is 3.00. The van der Waals surface area contributed by atoms with Crippen LogP contribution in [0.3, 0.4) is 0 Å². The Labute approximate surface area is 90.7 Å². The van der Waals surface area contributed by atoms with Crippen molar-refractivity contribution in [3.8, 4) is 0 Å². The number of nitrogen functional groups attached to an aromatic ring is 1. The normalized spacial score (nSPS) is 10.0. The lowest BCUT2D eigenvalue weighted by atomic mass is 10.2. The van der Waals surface area contributed by atoms with E-state index < -0.39 is 0 Å². The van der Waals surface area contributed by atoms with E-state index in [1.165, 1.54) is 12.6 Å². The third kappa shape index (κ3) is 2.32. The SMILES string of the molecule is Nc1ccc(C(=O)NCc2ncon2)cn1. The number of carbonyl (C=O) groups excluding carboxylic acids is 1. The van der Waals surface area contributed by atoms with Crippen LogP contribution in [0.15, 0.2) is 29.2 Å². The first-order chi connectivity index (χ1) is 7.75. The zero-order chi connectivity index (χ0) is 11.4. The highest BCUT2D eigenvalue weighted by atomic mass is 16.5. The van der Waals surface area contributed by atoms with Gasteiger partial charge in [-0.3, -0.25) is 4.79 Å². The predicted octanol–water partition coefficient (Wildman–Crippen LogP) is -0.0232. The molecule has 2 heterocycles. The molecule has 0 fully saturated rings. The lowest BCUT2D eigenvalue weighted by Crippen LogP contribution is -2.23. The summed E-state index contributed by atoms with van der Waals surface area (Å²) in [7, 11) is 0. The highest BCUT2D eigenvalue weighted by Crippen LogP contribution is 2.01. The molecule has 0 radical (unpaired) electrons. The fourth-order valence-corrected chi connectivity index (χ4v) is 1.07. The Morgan fingerprint density at radius 1 is 1.44 bits per heavy atom. The van der Waals surface area contributed by atoms with Crippen molar-refractivity contribution >= 4 is 11.7 Å². The van der Waals surface area contributed by atoms with E-state index in [1.54, 1.807) is 12.1 Å². The Kier molecular flexibility index (Phi) is 2.77. The van der Waals surface area contributed by atoms with Crippen molar-refractivity contribution in [3.05, 3.63) is 36.1 Å². The fraction of sp³-hybridized carbons (Fsp3) is 0.111. The summed E-state index contributed by atoms with van der Waals surface area (Å²) >= 11 is 0. The van der Waals surface area contributed by atoms with Gasteiger partial charge in [0.15, 0.2) is 5.82 Å². The van der Waals surface area contributed by atoms with E-state index in [1.807, 2.05) is 0 Å². The first-order valence-electron chi connectivity index (χ1n) is 4.50. The number of hydrogen-bond donors (Lipinski definition) is 2. The molecule has 2 aromatic rings. The molecule has 82 valence electrons. The number of nitrogens with two attached hydrogens (primary N) is 1. The standard InChI is InChI=1S/C9H9N5O2/c10-7-2-1-6(3-11-7)9(15)12-4-8-13-5-16-14-8/h1-3,5H,4H2,(H2,10,11)(H,12,15). The zero-order valence-corrected chi connectivity index (χ0v) is 8.25. The molecular weight excluding hydrogens is 210 g/mol. The number of nitrogens with zero attached hydrogens (tertiary/aromatic N) is 3. The maximum atomic E-state index is 11.6. The molecule has 0 aliphatic carbocycles. The molecular formula is C9H9N5O2. The molecule has 16 heavy (non-hydrogen) atoms. The van der Waals surface area contributed by atoms with Crippen LogP contribution in [0, 0.1) is 0 Å². The Balaban J connectivity index is 1.95. The van der Waals surface area contributed by atoms with Gasteiger partial charge >= 0.3 is 0 Å². The minimum Gasteiger partial charge on any atom is -0.384 e. The van der Waals surface area contributed by atoms with Crippen LogP contribution >= 0.6 is 0 Å². The fourth-order valence-electron chi connectivity index (χ4n) is 1.07. The average Bonchev–Trinajstić information content (AvgIpc) is 2.80. The van der Waals surface area contributed by atoms with Crippen molar-refractivity contribution in [1.29, 1.82) is 0 Å². The average molecular weight is 219 g/mol. The molecule has 2 aromatic heterocycles. The van der Waals surface area contributed by atoms with Crippen LogP contribution in [0.5, 0.6) is 0 Å².